The van der Waals surface area contributed by atoms with E-state index in [9.17, 15) is 43.3 Å². The van der Waals surface area contributed by atoms with Gasteiger partial charge in [0.05, 0.1) is 95.0 Å². The number of β-amino-alcohol motifs (C(OH)–C–C–N with tert-alkyl or cyclic N) is 1. The monoisotopic (exact) mass is 1220 g/mol. The quantitative estimate of drug-likeness (QED) is 0.0330. The van der Waals surface area contributed by atoms with Gasteiger partial charge in [-0.05, 0) is 72.4 Å². The molecule has 5 aliphatic heterocycles. The summed E-state index contributed by atoms with van der Waals surface area (Å²) in [4.78, 5) is 77.7. The largest absolute Gasteiger partial charge is 0.391 e. The molecule has 0 saturated carbocycles. The van der Waals surface area contributed by atoms with E-state index in [-0.39, 0.29) is 118 Å². The highest BCUT2D eigenvalue weighted by atomic mass is 32.2. The Morgan fingerprint density at radius 3 is 2.17 bits per heavy atom. The van der Waals surface area contributed by atoms with E-state index >= 15 is 0 Å². The number of aryl methyl sites for hydroxylation is 2. The number of likely N-dealkylation sites (tertiary alicyclic amines) is 2. The number of aliphatic hydroxyl groups excluding tert-OH is 1. The Bertz CT molecular complexity index is 2900. The second kappa shape index (κ2) is 30.9. The van der Waals surface area contributed by atoms with Gasteiger partial charge in [0.25, 0.3) is 6.43 Å². The van der Waals surface area contributed by atoms with Crippen molar-refractivity contribution in [3.05, 3.63) is 82.3 Å². The zero-order chi connectivity index (χ0) is 61.5. The molecule has 8 rings (SSSR count). The number of urea groups is 1. The fraction of sp³-hybridized carbons (Fsp3) is 0.607. The second-order valence-electron chi connectivity index (χ2n) is 23.6. The molecule has 2 fully saturated rings. The number of hydrogen-bond acceptors (Lipinski definition) is 15. The fourth-order valence-corrected chi connectivity index (χ4v) is 12.5. The predicted molar refractivity (Wildman–Crippen MR) is 324 cm³/mol. The Labute approximate surface area is 507 Å². The summed E-state index contributed by atoms with van der Waals surface area (Å²) in [5, 5.41) is 36.8. The van der Waals surface area contributed by atoms with Gasteiger partial charge in [0, 0.05) is 113 Å². The van der Waals surface area contributed by atoms with Gasteiger partial charge in [0.2, 0.25) is 23.6 Å². The number of carbonyl (C=O) groups is 5. The molecule has 2 saturated heterocycles. The van der Waals surface area contributed by atoms with Crippen LogP contribution in [0, 0.1) is 10.8 Å². The molecule has 1 aromatic heterocycles. The number of carbonyl (C=O) groups excluding carboxylic acids is 5. The Kier molecular flexibility index (Phi) is 23.5. The van der Waals surface area contributed by atoms with Gasteiger partial charge in [0.1, 0.15) is 17.9 Å². The minimum absolute atomic E-state index is 0.00198. The maximum atomic E-state index is 14.6. The van der Waals surface area contributed by atoms with E-state index in [4.69, 9.17) is 18.9 Å². The molecule has 5 unspecified atom stereocenters. The molecule has 0 aliphatic carbocycles. The number of halogens is 2. The van der Waals surface area contributed by atoms with Gasteiger partial charge in [-0.15, -0.1) is 11.8 Å². The first-order chi connectivity index (χ1) is 41.3. The molecule has 6 heterocycles. The van der Waals surface area contributed by atoms with E-state index < -0.39 is 35.9 Å². The fourth-order valence-electron chi connectivity index (χ4n) is 11.5. The van der Waals surface area contributed by atoms with Crippen LogP contribution in [0.25, 0.3) is 11.1 Å². The summed E-state index contributed by atoms with van der Waals surface area (Å²) in [5.41, 5.74) is 7.10. The number of rotatable bonds is 26. The van der Waals surface area contributed by atoms with Crippen molar-refractivity contribution in [2.75, 3.05) is 104 Å². The molecule has 3 aromatic rings. The molecule has 22 nitrogen and oxygen atoms in total. The average molecular weight is 1220 g/mol. The maximum Gasteiger partial charge on any atom is 0.317 e. The van der Waals surface area contributed by atoms with Crippen molar-refractivity contribution >= 4 is 58.5 Å². The number of nitrogens with one attached hydrogen (secondary N) is 5. The van der Waals surface area contributed by atoms with E-state index in [1.54, 1.807) is 58.8 Å². The lowest BCUT2D eigenvalue weighted by molar-refractivity contribution is -0.144. The smallest absolute Gasteiger partial charge is 0.317 e. The highest BCUT2D eigenvalue weighted by Gasteiger charge is 2.45. The number of piperidine rings is 1. The SMILES string of the molecule is CNC(=O)N1CCC(NC2CCN(C(=O)CCOCCOCCOCCOCCC(=O)NC(C(=O)N3CC(O)CC3C(=O)NCc3ccc(C4SC=NC4C)cc3)C(C)(C)C)CC2)=C(C(=N)N2CCCc3cc(-c4cnn(C)c4)c(C(F)F)cc32)C1. The number of nitrogens with zero attached hydrogens (tertiary/aromatic N) is 7. The Balaban J connectivity index is 0.677. The van der Waals surface area contributed by atoms with Crippen molar-refractivity contribution in [1.29, 1.82) is 5.41 Å². The molecule has 0 spiro atoms. The van der Waals surface area contributed by atoms with Crippen LogP contribution in [0.2, 0.25) is 0 Å². The van der Waals surface area contributed by atoms with Crippen molar-refractivity contribution in [3.8, 4) is 11.1 Å². The molecule has 86 heavy (non-hydrogen) atoms. The number of ether oxygens (including phenoxy) is 4. The van der Waals surface area contributed by atoms with Crippen molar-refractivity contribution in [1.82, 2.24) is 45.7 Å². The summed E-state index contributed by atoms with van der Waals surface area (Å²) in [5.74, 6) is -1.02. The van der Waals surface area contributed by atoms with Crippen LogP contribution >= 0.6 is 11.8 Å². The van der Waals surface area contributed by atoms with Gasteiger partial charge in [-0.3, -0.25) is 34.3 Å². The number of alkyl halides is 2. The van der Waals surface area contributed by atoms with E-state index in [2.05, 4.69) is 38.3 Å². The van der Waals surface area contributed by atoms with Gasteiger partial charge in [0.15, 0.2) is 0 Å². The van der Waals surface area contributed by atoms with Crippen LogP contribution in [0.15, 0.2) is 65.1 Å². The van der Waals surface area contributed by atoms with E-state index in [1.807, 2.05) is 55.5 Å². The zero-order valence-corrected chi connectivity index (χ0v) is 51.2. The summed E-state index contributed by atoms with van der Waals surface area (Å²) in [7, 11) is 3.31. The highest BCUT2D eigenvalue weighted by molar-refractivity contribution is 8.12. The number of aliphatic imine (C=N–C) groups is 1. The standard InChI is InChI=1S/C61H86F2N12O10S/c1-39-54(86-38-67-39)41-11-9-40(10-12-41)33-66-58(79)51-31-45(76)36-75(51)59(80)55(61(2,3)4)70-52(77)16-22-82-24-26-84-28-29-85-27-25-83-23-17-53(78)72-19-13-44(14-20-72)69-49-15-21-73(60(81)65-5)37-48(49)57(64)74-18-7-8-42-30-46(43-34-68-71(6)35-43)47(56(62)63)32-50(42)74/h9-12,30,32,34-35,38-39,44-45,51,54-56,64,69,76H,7-8,13-29,31,33,36-37H2,1-6H3,(H,65,81)(H,66,79)(H,70,77). The number of thioether (sulfide) groups is 1. The van der Waals surface area contributed by atoms with Crippen LogP contribution in [0.5, 0.6) is 0 Å². The highest BCUT2D eigenvalue weighted by Crippen LogP contribution is 2.40. The average Bonchev–Trinajstić information content (AvgIpc) is 1.48. The van der Waals surface area contributed by atoms with Crippen LogP contribution in [-0.2, 0) is 58.1 Å². The Hall–Kier alpha value is -6.51. The van der Waals surface area contributed by atoms with Crippen molar-refractivity contribution < 1.29 is 56.8 Å². The third-order valence-electron chi connectivity index (χ3n) is 16.3. The lowest BCUT2D eigenvalue weighted by Crippen LogP contribution is -2.57. The van der Waals surface area contributed by atoms with Crippen LogP contribution in [0.4, 0.5) is 19.3 Å². The number of amides is 6. The lowest BCUT2D eigenvalue weighted by Gasteiger charge is -2.39. The van der Waals surface area contributed by atoms with Crippen molar-refractivity contribution in [2.45, 2.75) is 128 Å². The summed E-state index contributed by atoms with van der Waals surface area (Å²) >= 11 is 1.69. The molecule has 6 N–H and O–H groups in total. The first-order valence-corrected chi connectivity index (χ1v) is 30.9. The molecule has 5 atom stereocenters. The molecular weight excluding hydrogens is 1130 g/mol. The molecule has 470 valence electrons. The summed E-state index contributed by atoms with van der Waals surface area (Å²) in [6, 6.07) is 9.47. The van der Waals surface area contributed by atoms with Gasteiger partial charge < -0.3 is 64.9 Å². The number of fused-ring (bicyclic) bond motifs is 1. The van der Waals surface area contributed by atoms with E-state index in [1.165, 1.54) is 11.0 Å². The number of aromatic nitrogens is 2. The summed E-state index contributed by atoms with van der Waals surface area (Å²) in [6.07, 6.45) is 3.26. The van der Waals surface area contributed by atoms with Gasteiger partial charge in [-0.25, -0.2) is 13.6 Å². The van der Waals surface area contributed by atoms with Crippen molar-refractivity contribution in [3.63, 3.8) is 0 Å². The third-order valence-corrected chi connectivity index (χ3v) is 17.5. The van der Waals surface area contributed by atoms with E-state index in [0.29, 0.717) is 101 Å². The van der Waals surface area contributed by atoms with Gasteiger partial charge >= 0.3 is 6.03 Å². The van der Waals surface area contributed by atoms with Gasteiger partial charge in [-0.2, -0.15) is 5.10 Å². The van der Waals surface area contributed by atoms with Gasteiger partial charge in [-0.1, -0.05) is 45.0 Å². The number of hydrogen-bond donors (Lipinski definition) is 6. The number of amidine groups is 1. The summed E-state index contributed by atoms with van der Waals surface area (Å²) < 4.78 is 53.4. The molecule has 2 aromatic carbocycles. The molecular formula is C61H86F2N12O10S. The first kappa shape index (κ1) is 65.5. The Morgan fingerprint density at radius 2 is 1.56 bits per heavy atom. The minimum Gasteiger partial charge on any atom is -0.391 e. The molecule has 6 amide bonds. The third kappa shape index (κ3) is 17.4. The van der Waals surface area contributed by atoms with E-state index in [0.717, 1.165) is 28.8 Å². The van der Waals surface area contributed by atoms with Crippen LogP contribution in [0.1, 0.15) is 107 Å². The topological polar surface area (TPSA) is 258 Å². The molecule has 0 radical (unpaired) electrons. The predicted octanol–water partition coefficient (Wildman–Crippen LogP) is 5.49. The number of aliphatic hydroxyl groups is 1. The number of anilines is 1. The minimum atomic E-state index is -2.74. The van der Waals surface area contributed by atoms with Crippen LogP contribution in [0.3, 0.4) is 0 Å². The van der Waals surface area contributed by atoms with Crippen LogP contribution in [-0.4, -0.2) is 200 Å². The zero-order valence-electron chi connectivity index (χ0n) is 50.4. The summed E-state index contributed by atoms with van der Waals surface area (Å²) in [6.45, 7) is 12.1. The van der Waals surface area contributed by atoms with Crippen LogP contribution < -0.4 is 26.2 Å². The lowest BCUT2D eigenvalue weighted by atomic mass is 9.85. The van der Waals surface area contributed by atoms with Crippen molar-refractivity contribution in [2.24, 2.45) is 17.5 Å². The normalized spacial score (nSPS) is 20.3. The molecule has 5 aliphatic rings. The second-order valence-corrected chi connectivity index (χ2v) is 24.6. The number of benzene rings is 2. The molecule has 0 bridgehead atoms. The molecule has 25 heteroatoms. The maximum absolute atomic E-state index is 14.6. The Morgan fingerprint density at radius 1 is 0.884 bits per heavy atom. The first-order valence-electron chi connectivity index (χ1n) is 30.0.